The summed E-state index contributed by atoms with van der Waals surface area (Å²) in [7, 11) is 3.09. The largest absolute Gasteiger partial charge is 0.497 e. The summed E-state index contributed by atoms with van der Waals surface area (Å²) in [5, 5.41) is 0.871. The van der Waals surface area contributed by atoms with E-state index in [0.29, 0.717) is 18.7 Å². The predicted molar refractivity (Wildman–Crippen MR) is 141 cm³/mol. The SMILES string of the molecule is COC(=O)C(c1ccccc1)C1CCN(C(=O)c2cccc(-c3nc4ccc(OC)cc4s3)c2)CC1. The number of carbonyl (C=O) groups excluding carboxylic acids is 2. The van der Waals surface area contributed by atoms with Crippen molar-refractivity contribution < 1.29 is 19.1 Å². The molecular formula is C29H28N2O4S. The Morgan fingerprint density at radius 3 is 2.47 bits per heavy atom. The van der Waals surface area contributed by atoms with Crippen molar-refractivity contribution in [1.29, 1.82) is 0 Å². The Morgan fingerprint density at radius 1 is 0.972 bits per heavy atom. The van der Waals surface area contributed by atoms with Gasteiger partial charge in [0.1, 0.15) is 10.8 Å². The number of likely N-dealkylation sites (tertiary alicyclic amines) is 1. The molecule has 1 amide bonds. The fourth-order valence-electron chi connectivity index (χ4n) is 4.95. The highest BCUT2D eigenvalue weighted by atomic mass is 32.1. The lowest BCUT2D eigenvalue weighted by molar-refractivity contribution is -0.144. The van der Waals surface area contributed by atoms with Crippen LogP contribution in [-0.4, -0.2) is 49.1 Å². The monoisotopic (exact) mass is 500 g/mol. The molecule has 1 atom stereocenters. The van der Waals surface area contributed by atoms with Gasteiger partial charge in [0.05, 0.1) is 30.4 Å². The van der Waals surface area contributed by atoms with E-state index < -0.39 is 0 Å². The van der Waals surface area contributed by atoms with Crippen molar-refractivity contribution in [1.82, 2.24) is 9.88 Å². The molecule has 0 N–H and O–H groups in total. The number of benzene rings is 3. The van der Waals surface area contributed by atoms with E-state index in [4.69, 9.17) is 14.5 Å². The minimum atomic E-state index is -0.311. The number of rotatable bonds is 6. The van der Waals surface area contributed by atoms with Crippen LogP contribution < -0.4 is 4.74 Å². The minimum absolute atomic E-state index is 0.00686. The summed E-state index contributed by atoms with van der Waals surface area (Å²) >= 11 is 1.58. The standard InChI is InChI=1S/C29H28N2O4S/c1-34-23-11-12-24-25(18-23)36-27(30-24)21-9-6-10-22(17-21)28(32)31-15-13-20(14-16-31)26(29(33)35-2)19-7-4-3-5-8-19/h3-12,17-18,20,26H,13-16H2,1-2H3. The summed E-state index contributed by atoms with van der Waals surface area (Å²) in [6.07, 6.45) is 1.50. The lowest BCUT2D eigenvalue weighted by Crippen LogP contribution is -2.41. The zero-order chi connectivity index (χ0) is 25.1. The predicted octanol–water partition coefficient (Wildman–Crippen LogP) is 5.78. The van der Waals surface area contributed by atoms with Gasteiger partial charge in [-0.05, 0) is 54.7 Å². The van der Waals surface area contributed by atoms with Gasteiger partial charge in [-0.1, -0.05) is 42.5 Å². The third-order valence-corrected chi connectivity index (χ3v) is 7.93. The van der Waals surface area contributed by atoms with Gasteiger partial charge in [-0.15, -0.1) is 11.3 Å². The molecule has 4 aromatic rings. The number of nitrogens with zero attached hydrogens (tertiary/aromatic N) is 2. The zero-order valence-corrected chi connectivity index (χ0v) is 21.2. The molecule has 3 aromatic carbocycles. The number of thiazole rings is 1. The van der Waals surface area contributed by atoms with Crippen LogP contribution >= 0.6 is 11.3 Å². The Hall–Kier alpha value is -3.71. The second kappa shape index (κ2) is 10.5. The third kappa shape index (κ3) is 4.84. The van der Waals surface area contributed by atoms with Crippen LogP contribution in [0.25, 0.3) is 20.8 Å². The summed E-state index contributed by atoms with van der Waals surface area (Å²) in [5.74, 6) is 0.413. The van der Waals surface area contributed by atoms with Crippen molar-refractivity contribution in [3.8, 4) is 16.3 Å². The lowest BCUT2D eigenvalue weighted by Gasteiger charge is -2.35. The molecule has 1 aliphatic rings. The normalized spacial score (nSPS) is 15.0. The van der Waals surface area contributed by atoms with Gasteiger partial charge in [0.25, 0.3) is 5.91 Å². The fourth-order valence-corrected chi connectivity index (χ4v) is 5.94. The van der Waals surface area contributed by atoms with Gasteiger partial charge < -0.3 is 14.4 Å². The van der Waals surface area contributed by atoms with Gasteiger partial charge >= 0.3 is 5.97 Å². The second-order valence-electron chi connectivity index (χ2n) is 8.97. The van der Waals surface area contributed by atoms with Gasteiger partial charge in [0.2, 0.25) is 0 Å². The summed E-state index contributed by atoms with van der Waals surface area (Å²) in [6, 6.07) is 23.3. The highest BCUT2D eigenvalue weighted by Gasteiger charge is 2.34. The van der Waals surface area contributed by atoms with E-state index in [1.807, 2.05) is 77.7 Å². The maximum absolute atomic E-state index is 13.4. The Balaban J connectivity index is 1.30. The fraction of sp³-hybridized carbons (Fsp3) is 0.276. The number of carbonyl (C=O) groups is 2. The summed E-state index contributed by atoms with van der Waals surface area (Å²) in [6.45, 7) is 1.21. The van der Waals surface area contributed by atoms with E-state index >= 15 is 0 Å². The molecule has 0 spiro atoms. The molecule has 6 nitrogen and oxygen atoms in total. The van der Waals surface area contributed by atoms with Crippen molar-refractivity contribution >= 4 is 33.4 Å². The van der Waals surface area contributed by atoms with E-state index in [-0.39, 0.29) is 23.7 Å². The molecular weight excluding hydrogens is 472 g/mol. The molecule has 184 valence electrons. The molecule has 36 heavy (non-hydrogen) atoms. The highest BCUT2D eigenvalue weighted by molar-refractivity contribution is 7.21. The number of piperidine rings is 1. The summed E-state index contributed by atoms with van der Waals surface area (Å²) in [4.78, 5) is 32.6. The molecule has 0 aliphatic carbocycles. The first kappa shape index (κ1) is 24.0. The Bertz CT molecular complexity index is 1380. The van der Waals surface area contributed by atoms with Gasteiger partial charge in [0, 0.05) is 24.2 Å². The number of hydrogen-bond acceptors (Lipinski definition) is 6. The van der Waals surface area contributed by atoms with Crippen LogP contribution in [0.4, 0.5) is 0 Å². The van der Waals surface area contributed by atoms with E-state index in [1.54, 1.807) is 18.4 Å². The molecule has 0 saturated carbocycles. The average Bonchev–Trinajstić information content (AvgIpc) is 3.37. The molecule has 2 heterocycles. The molecule has 5 rings (SSSR count). The van der Waals surface area contributed by atoms with Crippen molar-refractivity contribution in [3.63, 3.8) is 0 Å². The van der Waals surface area contributed by atoms with Gasteiger partial charge in [-0.2, -0.15) is 0 Å². The van der Waals surface area contributed by atoms with Gasteiger partial charge in [0.15, 0.2) is 0 Å². The maximum Gasteiger partial charge on any atom is 0.313 e. The van der Waals surface area contributed by atoms with Crippen LogP contribution in [0.1, 0.15) is 34.7 Å². The Morgan fingerprint density at radius 2 is 1.75 bits per heavy atom. The molecule has 0 bridgehead atoms. The Labute approximate surface area is 214 Å². The van der Waals surface area contributed by atoms with E-state index in [2.05, 4.69) is 0 Å². The first-order valence-corrected chi connectivity index (χ1v) is 12.9. The number of ether oxygens (including phenoxy) is 2. The third-order valence-electron chi connectivity index (χ3n) is 6.86. The van der Waals surface area contributed by atoms with Crippen LogP contribution in [0.15, 0.2) is 72.8 Å². The van der Waals surface area contributed by atoms with Crippen LogP contribution in [0.2, 0.25) is 0 Å². The molecule has 1 unspecified atom stereocenters. The van der Waals surface area contributed by atoms with Crippen molar-refractivity contribution in [3.05, 3.63) is 83.9 Å². The number of hydrogen-bond donors (Lipinski definition) is 0. The molecule has 1 saturated heterocycles. The summed E-state index contributed by atoms with van der Waals surface area (Å²) < 4.78 is 11.5. The molecule has 1 fully saturated rings. The minimum Gasteiger partial charge on any atom is -0.497 e. The van der Waals surface area contributed by atoms with Crippen molar-refractivity contribution in [2.75, 3.05) is 27.3 Å². The van der Waals surface area contributed by atoms with Crippen molar-refractivity contribution in [2.45, 2.75) is 18.8 Å². The number of aromatic nitrogens is 1. The Kier molecular flexibility index (Phi) is 7.00. The second-order valence-corrected chi connectivity index (χ2v) is 10.0. The molecule has 7 heteroatoms. The van der Waals surface area contributed by atoms with E-state index in [9.17, 15) is 9.59 Å². The smallest absolute Gasteiger partial charge is 0.313 e. The maximum atomic E-state index is 13.4. The first-order chi connectivity index (χ1) is 17.6. The topological polar surface area (TPSA) is 68.7 Å². The number of amides is 1. The van der Waals surface area contributed by atoms with Crippen LogP contribution in [-0.2, 0) is 9.53 Å². The van der Waals surface area contributed by atoms with E-state index in [0.717, 1.165) is 44.9 Å². The molecule has 0 radical (unpaired) electrons. The van der Waals surface area contributed by atoms with Crippen LogP contribution in [0.3, 0.4) is 0 Å². The highest BCUT2D eigenvalue weighted by Crippen LogP contribution is 2.35. The van der Waals surface area contributed by atoms with Gasteiger partial charge in [-0.25, -0.2) is 4.98 Å². The summed E-state index contributed by atoms with van der Waals surface area (Å²) in [5.41, 5.74) is 3.45. The molecule has 1 aliphatic heterocycles. The first-order valence-electron chi connectivity index (χ1n) is 12.0. The van der Waals surface area contributed by atoms with Crippen molar-refractivity contribution in [2.24, 2.45) is 5.92 Å². The quantitative estimate of drug-likeness (QED) is 0.314. The zero-order valence-electron chi connectivity index (χ0n) is 20.3. The van der Waals surface area contributed by atoms with Crippen LogP contribution in [0.5, 0.6) is 5.75 Å². The average molecular weight is 501 g/mol. The molecule has 1 aromatic heterocycles. The number of esters is 1. The lowest BCUT2D eigenvalue weighted by atomic mass is 9.80. The number of methoxy groups -OCH3 is 2. The van der Waals surface area contributed by atoms with Crippen LogP contribution in [0, 0.1) is 5.92 Å². The number of fused-ring (bicyclic) bond motifs is 1. The van der Waals surface area contributed by atoms with E-state index in [1.165, 1.54) is 7.11 Å². The van der Waals surface area contributed by atoms with Gasteiger partial charge in [-0.3, -0.25) is 9.59 Å².